The number of halogens is 5. The van der Waals surface area contributed by atoms with Crippen LogP contribution >= 0.6 is 0 Å². The molecule has 0 spiro atoms. The van der Waals surface area contributed by atoms with Crippen molar-refractivity contribution in [3.63, 3.8) is 0 Å². The summed E-state index contributed by atoms with van der Waals surface area (Å²) >= 11 is 0. The van der Waals surface area contributed by atoms with Crippen LogP contribution < -0.4 is 14.4 Å². The Kier molecular flexibility index (Phi) is 7.75. The molecule has 1 aliphatic heterocycles. The third-order valence-electron chi connectivity index (χ3n) is 5.62. The van der Waals surface area contributed by atoms with Crippen LogP contribution in [0, 0.1) is 23.0 Å². The Bertz CT molecular complexity index is 1300. The Hall–Kier alpha value is -3.44. The lowest BCUT2D eigenvalue weighted by molar-refractivity contribution is -0.189. The molecule has 1 saturated heterocycles. The Labute approximate surface area is 203 Å². The van der Waals surface area contributed by atoms with Crippen molar-refractivity contribution >= 4 is 21.6 Å². The average molecular weight is 532 g/mol. The van der Waals surface area contributed by atoms with E-state index in [1.54, 1.807) is 0 Å². The number of sulfonamides is 1. The first-order chi connectivity index (χ1) is 16.8. The summed E-state index contributed by atoms with van der Waals surface area (Å²) in [5.41, 5.74) is -0.961. The quantitative estimate of drug-likeness (QED) is 0.574. The molecule has 36 heavy (non-hydrogen) atoms. The van der Waals surface area contributed by atoms with Gasteiger partial charge in [-0.2, -0.15) is 18.4 Å². The number of nitriles is 1. The van der Waals surface area contributed by atoms with Gasteiger partial charge in [0.25, 0.3) is 5.91 Å². The Balaban J connectivity index is 1.87. The molecule has 8 nitrogen and oxygen atoms in total. The minimum atomic E-state index is -4.73. The first-order valence-electron chi connectivity index (χ1n) is 10.5. The zero-order valence-electron chi connectivity index (χ0n) is 19.1. The summed E-state index contributed by atoms with van der Waals surface area (Å²) < 4.78 is 99.0. The number of hydrogen-bond acceptors (Lipinski definition) is 6. The monoisotopic (exact) mass is 532 g/mol. The Morgan fingerprint density at radius 1 is 1.11 bits per heavy atom. The molecular weight excluding hydrogens is 511 g/mol. The smallest absolute Gasteiger partial charge is 0.425 e. The number of carbonyl (C=O) groups excluding carboxylic acids is 1. The van der Waals surface area contributed by atoms with Crippen LogP contribution in [-0.4, -0.2) is 64.7 Å². The molecule has 1 aliphatic rings. The minimum Gasteiger partial charge on any atom is -0.480 e. The summed E-state index contributed by atoms with van der Waals surface area (Å²) in [6.45, 7) is 0.764. The molecule has 0 saturated carbocycles. The highest BCUT2D eigenvalue weighted by atomic mass is 32.2. The van der Waals surface area contributed by atoms with E-state index in [9.17, 15) is 35.2 Å². The van der Waals surface area contributed by atoms with Gasteiger partial charge in [0.15, 0.2) is 17.7 Å². The molecular formula is C22H21F5N4O4S. The Morgan fingerprint density at radius 3 is 2.31 bits per heavy atom. The van der Waals surface area contributed by atoms with E-state index in [1.807, 2.05) is 0 Å². The van der Waals surface area contributed by atoms with E-state index in [4.69, 9.17) is 10.00 Å². The molecule has 2 aromatic carbocycles. The van der Waals surface area contributed by atoms with Crippen LogP contribution in [0.2, 0.25) is 0 Å². The molecule has 194 valence electrons. The lowest BCUT2D eigenvalue weighted by Gasteiger charge is -2.36. The van der Waals surface area contributed by atoms with Crippen LogP contribution in [0.3, 0.4) is 0 Å². The van der Waals surface area contributed by atoms with E-state index in [2.05, 4.69) is 4.72 Å². The molecule has 1 fully saturated rings. The maximum atomic E-state index is 14.4. The van der Waals surface area contributed by atoms with Crippen molar-refractivity contribution in [3.8, 4) is 11.8 Å². The van der Waals surface area contributed by atoms with Crippen molar-refractivity contribution in [2.75, 3.05) is 38.1 Å². The van der Waals surface area contributed by atoms with E-state index in [0.717, 1.165) is 38.2 Å². The summed E-state index contributed by atoms with van der Waals surface area (Å²) in [7, 11) is -2.89. The molecule has 1 unspecified atom stereocenters. The number of rotatable bonds is 6. The molecule has 1 amide bonds. The summed E-state index contributed by atoms with van der Waals surface area (Å²) in [5, 5.41) is 8.83. The molecule has 2 aromatic rings. The molecule has 1 heterocycles. The third kappa shape index (κ3) is 5.52. The summed E-state index contributed by atoms with van der Waals surface area (Å²) in [6.07, 6.45) is -7.01. The van der Waals surface area contributed by atoms with Crippen molar-refractivity contribution in [1.29, 1.82) is 5.26 Å². The topological polar surface area (TPSA) is 103 Å². The number of nitrogens with zero attached hydrogens (tertiary/aromatic N) is 3. The van der Waals surface area contributed by atoms with Gasteiger partial charge in [-0.3, -0.25) is 4.79 Å². The summed E-state index contributed by atoms with van der Waals surface area (Å²) in [6, 6.07) is 6.83. The van der Waals surface area contributed by atoms with E-state index in [1.165, 1.54) is 21.9 Å². The van der Waals surface area contributed by atoms with Gasteiger partial charge in [-0.05, 0) is 44.3 Å². The van der Waals surface area contributed by atoms with Crippen molar-refractivity contribution < 1.29 is 39.9 Å². The van der Waals surface area contributed by atoms with Crippen molar-refractivity contribution in [2.24, 2.45) is 0 Å². The van der Waals surface area contributed by atoms with Gasteiger partial charge in [0.2, 0.25) is 10.0 Å². The number of piperazine rings is 1. The molecule has 0 aromatic heterocycles. The van der Waals surface area contributed by atoms with Crippen LogP contribution in [-0.2, 0) is 10.0 Å². The Morgan fingerprint density at radius 2 is 1.75 bits per heavy atom. The summed E-state index contributed by atoms with van der Waals surface area (Å²) in [5.74, 6) is -3.76. The second-order valence-electron chi connectivity index (χ2n) is 7.82. The van der Waals surface area contributed by atoms with E-state index < -0.39 is 56.7 Å². The van der Waals surface area contributed by atoms with Crippen molar-refractivity contribution in [3.05, 3.63) is 53.1 Å². The number of amides is 1. The number of carbonyl (C=O) groups is 1. The van der Waals surface area contributed by atoms with Crippen LogP contribution in [0.5, 0.6) is 5.75 Å². The number of ether oxygens (including phenoxy) is 1. The first-order valence-corrected chi connectivity index (χ1v) is 12.0. The highest BCUT2D eigenvalue weighted by Gasteiger charge is 2.39. The fraction of sp³-hybridized carbons (Fsp3) is 0.364. The largest absolute Gasteiger partial charge is 0.480 e. The fourth-order valence-electron chi connectivity index (χ4n) is 3.51. The molecule has 0 radical (unpaired) electrons. The molecule has 1 atom stereocenters. The maximum Gasteiger partial charge on any atom is 0.425 e. The predicted molar refractivity (Wildman–Crippen MR) is 118 cm³/mol. The normalized spacial score (nSPS) is 15.4. The molecule has 1 N–H and O–H groups in total. The fourth-order valence-corrected chi connectivity index (χ4v) is 4.27. The lowest BCUT2D eigenvalue weighted by Crippen LogP contribution is -2.49. The van der Waals surface area contributed by atoms with E-state index in [0.29, 0.717) is 0 Å². The summed E-state index contributed by atoms with van der Waals surface area (Å²) in [4.78, 5) is 15.6. The first kappa shape index (κ1) is 27.2. The van der Waals surface area contributed by atoms with Gasteiger partial charge in [-0.15, -0.1) is 0 Å². The molecule has 0 aliphatic carbocycles. The number of benzene rings is 2. The second kappa shape index (κ2) is 10.3. The van der Waals surface area contributed by atoms with Gasteiger partial charge < -0.3 is 14.5 Å². The van der Waals surface area contributed by atoms with Gasteiger partial charge in [-0.25, -0.2) is 21.9 Å². The van der Waals surface area contributed by atoms with Crippen LogP contribution in [0.4, 0.5) is 27.6 Å². The second-order valence-corrected chi connectivity index (χ2v) is 9.71. The van der Waals surface area contributed by atoms with Gasteiger partial charge in [-0.1, -0.05) is 0 Å². The number of alkyl halides is 3. The molecule has 0 bridgehead atoms. The SMILES string of the molecule is CNS(=O)(=O)c1ccc(OC(C)C(F)(F)F)c(C(=O)N2CCN(c3ccc(C#N)c(F)c3F)CC2)c1. The molecule has 3 rings (SSSR count). The number of anilines is 1. The van der Waals surface area contributed by atoms with Crippen molar-refractivity contribution in [2.45, 2.75) is 24.1 Å². The van der Waals surface area contributed by atoms with E-state index >= 15 is 0 Å². The third-order valence-corrected chi connectivity index (χ3v) is 7.03. The average Bonchev–Trinajstić information content (AvgIpc) is 2.85. The predicted octanol–water partition coefficient (Wildman–Crippen LogP) is 3.04. The van der Waals surface area contributed by atoms with E-state index in [-0.39, 0.29) is 36.8 Å². The highest BCUT2D eigenvalue weighted by molar-refractivity contribution is 7.89. The van der Waals surface area contributed by atoms with Gasteiger partial charge in [0.1, 0.15) is 11.8 Å². The zero-order chi connectivity index (χ0) is 26.8. The zero-order valence-corrected chi connectivity index (χ0v) is 19.9. The van der Waals surface area contributed by atoms with Gasteiger partial charge in [0.05, 0.1) is 21.7 Å². The van der Waals surface area contributed by atoms with Gasteiger partial charge in [0, 0.05) is 26.2 Å². The van der Waals surface area contributed by atoms with Crippen molar-refractivity contribution in [1.82, 2.24) is 9.62 Å². The maximum absolute atomic E-state index is 14.4. The van der Waals surface area contributed by atoms with Crippen LogP contribution in [0.1, 0.15) is 22.8 Å². The highest BCUT2D eigenvalue weighted by Crippen LogP contribution is 2.31. The molecule has 14 heteroatoms. The van der Waals surface area contributed by atoms with Gasteiger partial charge >= 0.3 is 6.18 Å². The standard InChI is InChI=1S/C22H21F5N4O4S/c1-13(22(25,26)27)35-18-6-4-15(36(33,34)29-2)11-16(18)21(32)31-9-7-30(8-10-31)17-5-3-14(12-28)19(23)20(17)24/h3-6,11,13,29H,7-10H2,1-2H3. The van der Waals surface area contributed by atoms with Crippen LogP contribution in [0.15, 0.2) is 35.2 Å². The lowest BCUT2D eigenvalue weighted by atomic mass is 10.1. The number of hydrogen-bond donors (Lipinski definition) is 1. The minimum absolute atomic E-state index is 0.0306. The van der Waals surface area contributed by atoms with Crippen LogP contribution in [0.25, 0.3) is 0 Å². The number of nitrogens with one attached hydrogen (secondary N) is 1.